The summed E-state index contributed by atoms with van der Waals surface area (Å²) in [5.74, 6) is 2.57. The summed E-state index contributed by atoms with van der Waals surface area (Å²) < 4.78 is 33.5. The number of para-hydroxylation sites is 3. The minimum atomic E-state index is -2.76. The summed E-state index contributed by atoms with van der Waals surface area (Å²) in [4.78, 5) is 130. The normalized spacial score (nSPS) is 13.5. The quantitative estimate of drug-likeness (QED) is 0.0126. The van der Waals surface area contributed by atoms with Gasteiger partial charge in [-0.15, -0.1) is 0 Å². The number of rotatable bonds is 58. The molecule has 3 aromatic carbocycles. The maximum Gasteiger partial charge on any atom is 0.469 e. The number of benzene rings is 3. The summed E-state index contributed by atoms with van der Waals surface area (Å²) in [5.41, 5.74) is 1.94. The molecule has 0 saturated carbocycles. The SMILES string of the molecule is CCC.CCC.CCC(=O)C(CCCCN=C=O)OC#N.CCCCC/C=C\C1C(CCCCCCCCN=C=O)C=CC(CCCCC)C1CCCCCCCCN=C=O.C[Si](C)(C)O[Si](CCCOC#N)(O[Si](C)(C)C)O[Si](C)(C)C.N#COCCCCC(N=C=O)C(=O)CCN=C=O.O=C=Nc1ccccc1.O=C=Nc1ccccc1.O=C=Nc1ccccc1. The number of nitrogens with zero attached hydrogens (tertiary/aromatic N) is 11. The van der Waals surface area contributed by atoms with Crippen LogP contribution in [0.25, 0.3) is 0 Å². The summed E-state index contributed by atoms with van der Waals surface area (Å²) in [5, 5.41) is 25.0. The molecule has 128 heavy (non-hydrogen) atoms. The molecule has 0 aliphatic heterocycles. The lowest BCUT2D eigenvalue weighted by atomic mass is 9.66. The van der Waals surface area contributed by atoms with Crippen molar-refractivity contribution in [3.63, 3.8) is 0 Å². The molecule has 1 aliphatic carbocycles. The zero-order chi connectivity index (χ0) is 96.7. The largest absolute Gasteiger partial charge is 0.469 e. The monoisotopic (exact) mass is 1840 g/mol. The highest BCUT2D eigenvalue weighted by Gasteiger charge is 2.49. The fraction of sp³-hybridized carbons (Fsp3) is 0.639. The maximum atomic E-state index is 11.6. The molecule has 4 rings (SSSR count). The van der Waals surface area contributed by atoms with Gasteiger partial charge in [-0.25, -0.2) is 58.3 Å². The van der Waals surface area contributed by atoms with E-state index in [0.717, 1.165) is 31.1 Å². The number of ketones is 2. The van der Waals surface area contributed by atoms with Crippen LogP contribution in [0.15, 0.2) is 155 Å². The Bertz CT molecular complexity index is 3680. The van der Waals surface area contributed by atoms with E-state index in [2.05, 4.69) is 174 Å². The maximum absolute atomic E-state index is 11.6. The number of allylic oxidation sites excluding steroid dienone is 4. The lowest BCUT2D eigenvalue weighted by Gasteiger charge is -2.42. The van der Waals surface area contributed by atoms with Gasteiger partial charge in [0, 0.05) is 18.9 Å². The summed E-state index contributed by atoms with van der Waals surface area (Å²) in [6.45, 7) is 36.8. The predicted octanol–water partition coefficient (Wildman–Crippen LogP) is 25.0. The number of Topliss-reactive ketones (excluding diaryl/α,β-unsaturated/α-hetero) is 2. The second kappa shape index (κ2) is 91.9. The molecule has 1 aliphatic rings. The van der Waals surface area contributed by atoms with Crippen LogP contribution in [-0.4, -0.2) is 146 Å². The van der Waals surface area contributed by atoms with Crippen molar-refractivity contribution in [3.05, 3.63) is 115 Å². The molecule has 0 aromatic heterocycles. The van der Waals surface area contributed by atoms with E-state index in [1.54, 1.807) is 61.7 Å². The standard InChI is InChI=1S/C36H62N2O2.C13H33NO4Si4.C11H13N3O4.C10H14N2O3.3C7H5NO.2C3H8/c1-3-5-7-12-19-25-36-34(24-18-13-8-10-15-21-29-37-31-39)28-27-33(23-17-6-4-2)35(36)26-20-14-9-11-16-22-30-38-32-40;1-19(2,3)16-22(17-20(4,5)6,18-21(7,8)9)12-10-11-15-13-14;12-7-18-6-2-1-3-10(14-9-16)11(17)4-5-13-8-15;1-2-9(14)10(15-7-11)5-3-4-6-12-8-13;3*9-6-8-7-4-2-1-3-5-7;2*1-3-2/h19,25,27-28,33-36H,3-18,20-24,26,29-30H2,1-2H3;10-12H2,1-9H3;10H,1-6H2;10H,2-6H2,1H3;3*1-5H;2*3H2,1-2H3/b25-19-;;;;;;;;. The average molecular weight is 1840 g/mol. The molecule has 27 nitrogen and oxygen atoms in total. The van der Waals surface area contributed by atoms with E-state index in [0.29, 0.717) is 106 Å². The Morgan fingerprint density at radius 1 is 0.406 bits per heavy atom. The zero-order valence-corrected chi connectivity index (χ0v) is 84.2. The second-order valence-corrected chi connectivity index (χ2v) is 49.9. The van der Waals surface area contributed by atoms with E-state index in [4.69, 9.17) is 32.9 Å². The Morgan fingerprint density at radius 2 is 0.781 bits per heavy atom. The number of ether oxygens (including phenoxy) is 3. The van der Waals surface area contributed by atoms with Gasteiger partial charge in [0.05, 0.1) is 43.2 Å². The Balaban J connectivity index is -0.000000488. The molecule has 0 amide bonds. The van der Waals surface area contributed by atoms with Crippen LogP contribution in [0.2, 0.25) is 65.0 Å². The highest BCUT2D eigenvalue weighted by Crippen LogP contribution is 2.43. The Kier molecular flexibility index (Phi) is 90.9. The van der Waals surface area contributed by atoms with E-state index in [-0.39, 0.29) is 31.1 Å². The van der Waals surface area contributed by atoms with Gasteiger partial charge in [0.2, 0.25) is 48.6 Å². The van der Waals surface area contributed by atoms with E-state index in [1.165, 1.54) is 190 Å². The Labute approximate surface area is 771 Å². The number of carbonyl (C=O) groups is 2. The van der Waals surface area contributed by atoms with Crippen molar-refractivity contribution in [2.45, 2.75) is 337 Å². The number of nitriles is 3. The molecule has 6 unspecified atom stereocenters. The van der Waals surface area contributed by atoms with Crippen LogP contribution in [0.4, 0.5) is 17.1 Å². The van der Waals surface area contributed by atoms with Gasteiger partial charge in [0.25, 0.3) is 18.8 Å². The van der Waals surface area contributed by atoms with Gasteiger partial charge in [-0.3, -0.25) is 9.59 Å². The topological polar surface area (TPSA) is 396 Å². The minimum Gasteiger partial charge on any atom is -0.428 e. The van der Waals surface area contributed by atoms with Crippen molar-refractivity contribution >= 4 is 111 Å². The van der Waals surface area contributed by atoms with E-state index in [9.17, 15) is 47.9 Å². The molecule has 708 valence electrons. The van der Waals surface area contributed by atoms with Gasteiger partial charge < -0.3 is 26.6 Å². The van der Waals surface area contributed by atoms with Gasteiger partial charge in [-0.1, -0.05) is 237 Å². The van der Waals surface area contributed by atoms with Crippen molar-refractivity contribution < 1.29 is 74.5 Å². The molecular weight excluding hydrogens is 1690 g/mol. The molecule has 0 spiro atoms. The zero-order valence-electron chi connectivity index (χ0n) is 80.2. The molecule has 0 saturated heterocycles. The Hall–Kier alpha value is -9.86. The predicted molar refractivity (Wildman–Crippen MR) is 518 cm³/mol. The number of unbranched alkanes of at least 4 members (excludes halogenated alkanes) is 17. The van der Waals surface area contributed by atoms with Crippen LogP contribution in [0.3, 0.4) is 0 Å². The fourth-order valence-corrected chi connectivity index (χ4v) is 27.2. The van der Waals surface area contributed by atoms with Gasteiger partial charge in [-0.2, -0.15) is 35.8 Å². The number of hydrogen-bond donors (Lipinski definition) is 0. The Morgan fingerprint density at radius 3 is 1.18 bits per heavy atom. The van der Waals surface area contributed by atoms with Crippen molar-refractivity contribution in [2.75, 3.05) is 39.4 Å². The van der Waals surface area contributed by atoms with Crippen LogP contribution in [0.5, 0.6) is 0 Å². The molecular formula is C97H153N11O16Si4. The highest BCUT2D eigenvalue weighted by atomic mass is 28.5. The van der Waals surface area contributed by atoms with Crippen molar-refractivity contribution in [1.82, 2.24) is 0 Å². The lowest BCUT2D eigenvalue weighted by molar-refractivity contribution is -0.127. The van der Waals surface area contributed by atoms with Gasteiger partial charge in [0.1, 0.15) is 19.3 Å². The van der Waals surface area contributed by atoms with Gasteiger partial charge >= 0.3 is 8.80 Å². The van der Waals surface area contributed by atoms with Crippen molar-refractivity contribution in [1.29, 1.82) is 15.8 Å². The second-order valence-electron chi connectivity index (χ2n) is 32.9. The third-order valence-electron chi connectivity index (χ3n) is 17.9. The van der Waals surface area contributed by atoms with Crippen LogP contribution in [0, 0.1) is 58.2 Å². The summed E-state index contributed by atoms with van der Waals surface area (Å²) in [6, 6.07) is 26.9. The third kappa shape index (κ3) is 85.6. The lowest BCUT2D eigenvalue weighted by Crippen LogP contribution is -2.60. The minimum absolute atomic E-state index is 0.0415. The highest BCUT2D eigenvalue weighted by molar-refractivity contribution is 6.90. The fourth-order valence-electron chi connectivity index (χ4n) is 12.6. The van der Waals surface area contributed by atoms with Crippen molar-refractivity contribution in [3.8, 4) is 18.8 Å². The van der Waals surface area contributed by atoms with Crippen LogP contribution >= 0.6 is 0 Å². The first-order chi connectivity index (χ1) is 61.6. The molecule has 31 heteroatoms. The van der Waals surface area contributed by atoms with Crippen molar-refractivity contribution in [2.24, 2.45) is 63.6 Å². The molecule has 6 atom stereocenters. The molecule has 0 heterocycles. The number of aliphatic imine (C=N–C) groups is 8. The molecule has 0 bridgehead atoms. The molecule has 3 aromatic rings. The smallest absolute Gasteiger partial charge is 0.428 e. The van der Waals surface area contributed by atoms with E-state index >= 15 is 0 Å². The molecule has 0 radical (unpaired) electrons. The number of hydrogen-bond acceptors (Lipinski definition) is 27. The average Bonchev–Trinajstić information content (AvgIpc) is 0.807. The molecule has 0 fully saturated rings. The first-order valence-electron chi connectivity index (χ1n) is 45.8. The summed E-state index contributed by atoms with van der Waals surface area (Å²) in [6.07, 6.45) is 61.5. The van der Waals surface area contributed by atoms with Gasteiger partial charge in [-0.05, 0) is 209 Å². The van der Waals surface area contributed by atoms with Crippen LogP contribution in [0.1, 0.15) is 260 Å². The molecule has 0 N–H and O–H groups in total. The van der Waals surface area contributed by atoms with E-state index in [1.807, 2.05) is 54.6 Å². The summed E-state index contributed by atoms with van der Waals surface area (Å²) >= 11 is 0. The first kappa shape index (κ1) is 127. The number of isocyanates is 8. The number of carbonyl (C=O) groups excluding carboxylic acids is 10. The van der Waals surface area contributed by atoms with Crippen LogP contribution in [-0.2, 0) is 74.5 Å². The summed E-state index contributed by atoms with van der Waals surface area (Å²) in [7, 11) is -8.19. The van der Waals surface area contributed by atoms with E-state index < -0.39 is 45.9 Å². The third-order valence-corrected chi connectivity index (χ3v) is 30.0. The van der Waals surface area contributed by atoms with Crippen LogP contribution < -0.4 is 0 Å². The first-order valence-corrected chi connectivity index (χ1v) is 57.9. The van der Waals surface area contributed by atoms with Gasteiger partial charge in [0.15, 0.2) is 42.6 Å².